The number of nitrogens with one attached hydrogen (secondary N) is 1. The molecule has 1 N–H and O–H groups in total. The number of unbranched alkanes of at least 4 members (excludes halogenated alkanes) is 2. The number of carbonyl (C=O) groups is 1. The molecule has 300 valence electrons. The highest BCUT2D eigenvalue weighted by Gasteiger charge is 2.42. The molecule has 0 fully saturated rings. The molecule has 0 aliphatic carbocycles. The first kappa shape index (κ1) is 41.0. The molecule has 0 aliphatic heterocycles. The lowest BCUT2D eigenvalue weighted by molar-refractivity contribution is -0.117. The van der Waals surface area contributed by atoms with Crippen LogP contribution in [0.5, 0.6) is 0 Å². The summed E-state index contributed by atoms with van der Waals surface area (Å²) in [5.41, 5.74) is 9.79. The van der Waals surface area contributed by atoms with Crippen LogP contribution >= 0.6 is 0 Å². The third kappa shape index (κ3) is 8.96. The smallest absolute Gasteiger partial charge is 0.238 e. The van der Waals surface area contributed by atoms with Gasteiger partial charge >= 0.3 is 0 Å². The monoisotopic (exact) mass is 780 g/mol. The summed E-state index contributed by atoms with van der Waals surface area (Å²) in [4.78, 5) is 16.1. The molecule has 0 atom stereocenters. The molecule has 6 aromatic carbocycles. The molecule has 0 saturated heterocycles. The number of rotatable bonds is 17. The number of tetrazole rings is 1. The number of nitrogens with zero attached hydrogens (tertiary/aromatic N) is 5. The van der Waals surface area contributed by atoms with E-state index in [0.29, 0.717) is 30.7 Å². The Morgan fingerprint density at radius 1 is 0.644 bits per heavy atom. The van der Waals surface area contributed by atoms with Crippen LogP contribution in [0.1, 0.15) is 99.1 Å². The van der Waals surface area contributed by atoms with Gasteiger partial charge in [-0.05, 0) is 79.7 Å². The van der Waals surface area contributed by atoms with Crippen LogP contribution in [0.15, 0.2) is 158 Å². The Hall–Kier alpha value is -6.18. The van der Waals surface area contributed by atoms with Crippen molar-refractivity contribution in [1.29, 1.82) is 0 Å². The minimum Gasteiger partial charge on any atom is -0.324 e. The van der Waals surface area contributed by atoms with E-state index in [4.69, 9.17) is 10.3 Å². The zero-order chi connectivity index (χ0) is 41.2. The fourth-order valence-electron chi connectivity index (χ4n) is 8.34. The maximum atomic E-state index is 13.8. The van der Waals surface area contributed by atoms with Gasteiger partial charge in [0, 0.05) is 17.8 Å². The van der Waals surface area contributed by atoms with Crippen molar-refractivity contribution in [3.8, 4) is 22.5 Å². The van der Waals surface area contributed by atoms with Crippen LogP contribution in [0, 0.1) is 0 Å². The Kier molecular flexibility index (Phi) is 13.2. The van der Waals surface area contributed by atoms with Crippen molar-refractivity contribution in [2.75, 3.05) is 18.4 Å². The minimum atomic E-state index is -0.861. The van der Waals surface area contributed by atoms with Crippen molar-refractivity contribution < 1.29 is 4.79 Å². The molecule has 7 rings (SSSR count). The summed E-state index contributed by atoms with van der Waals surface area (Å²) in [6.45, 7) is 12.8. The van der Waals surface area contributed by atoms with E-state index in [9.17, 15) is 4.79 Å². The van der Waals surface area contributed by atoms with E-state index in [2.05, 4.69) is 184 Å². The zero-order valence-electron chi connectivity index (χ0n) is 35.1. The fourth-order valence-corrected chi connectivity index (χ4v) is 8.34. The Bertz CT molecular complexity index is 2280. The quantitative estimate of drug-likeness (QED) is 0.0736. The molecular formula is C52H56N6O. The summed E-state index contributed by atoms with van der Waals surface area (Å²) in [6, 6.07) is 54.9. The minimum absolute atomic E-state index is 0.0253. The first-order chi connectivity index (χ1) is 28.8. The molecule has 59 heavy (non-hydrogen) atoms. The number of benzene rings is 6. The van der Waals surface area contributed by atoms with Crippen LogP contribution < -0.4 is 5.32 Å². The summed E-state index contributed by atoms with van der Waals surface area (Å²) < 4.78 is 1.99. The van der Waals surface area contributed by atoms with Gasteiger partial charge < -0.3 is 5.32 Å². The van der Waals surface area contributed by atoms with Crippen LogP contribution in [0.2, 0.25) is 0 Å². The topological polar surface area (TPSA) is 75.9 Å². The largest absolute Gasteiger partial charge is 0.324 e. The van der Waals surface area contributed by atoms with Crippen molar-refractivity contribution in [3.63, 3.8) is 0 Å². The molecule has 0 aliphatic rings. The zero-order valence-corrected chi connectivity index (χ0v) is 35.1. The molecule has 7 nitrogen and oxygen atoms in total. The summed E-state index contributed by atoms with van der Waals surface area (Å²) >= 11 is 0. The first-order valence-electron chi connectivity index (χ1n) is 21.1. The van der Waals surface area contributed by atoms with E-state index in [1.54, 1.807) is 0 Å². The molecule has 1 heterocycles. The lowest BCUT2D eigenvalue weighted by Gasteiger charge is -2.36. The first-order valence-corrected chi connectivity index (χ1v) is 21.1. The van der Waals surface area contributed by atoms with Crippen LogP contribution in [0.3, 0.4) is 0 Å². The molecule has 0 radical (unpaired) electrons. The van der Waals surface area contributed by atoms with Crippen molar-refractivity contribution in [2.24, 2.45) is 0 Å². The number of anilines is 1. The highest BCUT2D eigenvalue weighted by atomic mass is 16.2. The second-order valence-electron chi connectivity index (χ2n) is 16.1. The van der Waals surface area contributed by atoms with Crippen molar-refractivity contribution >= 4 is 11.6 Å². The van der Waals surface area contributed by atoms with E-state index >= 15 is 0 Å². The Morgan fingerprint density at radius 2 is 1.17 bits per heavy atom. The van der Waals surface area contributed by atoms with Crippen LogP contribution in [0.25, 0.3) is 22.5 Å². The fraction of sp³-hybridized carbons (Fsp3) is 0.269. The number of amides is 1. The molecule has 0 unspecified atom stereocenters. The van der Waals surface area contributed by atoms with Gasteiger partial charge in [0.2, 0.25) is 5.91 Å². The molecule has 1 amide bonds. The second kappa shape index (κ2) is 19.0. The van der Waals surface area contributed by atoms with E-state index in [0.717, 1.165) is 70.4 Å². The summed E-state index contributed by atoms with van der Waals surface area (Å²) in [5.74, 6) is 1.30. The van der Waals surface area contributed by atoms with Gasteiger partial charge in [-0.25, -0.2) is 4.68 Å². The highest BCUT2D eigenvalue weighted by Crippen LogP contribution is 2.43. The summed E-state index contributed by atoms with van der Waals surface area (Å²) in [7, 11) is 0. The average molecular weight is 781 g/mol. The van der Waals surface area contributed by atoms with E-state index in [1.165, 1.54) is 11.1 Å². The van der Waals surface area contributed by atoms with Crippen LogP contribution in [0.4, 0.5) is 5.69 Å². The predicted molar refractivity (Wildman–Crippen MR) is 241 cm³/mol. The maximum Gasteiger partial charge on any atom is 0.238 e. The SMILES string of the molecule is CCCCCN(CC(=O)Nc1c(C(C)C)cccc1C(C)C)Cc1ccc(-c2ccccc2-c2nnnn2C(c2ccccc2)(c2ccccc2)c2ccccc2)cc1. The van der Waals surface area contributed by atoms with E-state index in [1.807, 2.05) is 28.9 Å². The lowest BCUT2D eigenvalue weighted by atomic mass is 9.77. The molecule has 0 bridgehead atoms. The number of hydrogen-bond acceptors (Lipinski definition) is 5. The molecule has 7 aromatic rings. The van der Waals surface area contributed by atoms with Gasteiger partial charge in [0.1, 0.15) is 5.54 Å². The lowest BCUT2D eigenvalue weighted by Crippen LogP contribution is -2.39. The number of carbonyl (C=O) groups excluding carboxylic acids is 1. The van der Waals surface area contributed by atoms with Crippen LogP contribution in [-0.4, -0.2) is 44.1 Å². The molecule has 1 aromatic heterocycles. The summed E-state index contributed by atoms with van der Waals surface area (Å²) in [5, 5.41) is 17.3. The highest BCUT2D eigenvalue weighted by molar-refractivity contribution is 5.94. The number of aromatic nitrogens is 4. The van der Waals surface area contributed by atoms with Crippen molar-refractivity contribution in [1.82, 2.24) is 25.1 Å². The van der Waals surface area contributed by atoms with Crippen molar-refractivity contribution in [3.05, 3.63) is 191 Å². The van der Waals surface area contributed by atoms with Gasteiger partial charge in [0.25, 0.3) is 0 Å². The van der Waals surface area contributed by atoms with Gasteiger partial charge in [-0.3, -0.25) is 9.69 Å². The average Bonchev–Trinajstić information content (AvgIpc) is 3.75. The van der Waals surface area contributed by atoms with Gasteiger partial charge in [-0.1, -0.05) is 205 Å². The molecule has 0 spiro atoms. The third-order valence-corrected chi connectivity index (χ3v) is 11.3. The van der Waals surface area contributed by atoms with E-state index in [-0.39, 0.29) is 5.91 Å². The third-order valence-electron chi connectivity index (χ3n) is 11.3. The predicted octanol–water partition coefficient (Wildman–Crippen LogP) is 11.7. The molecular weight excluding hydrogens is 725 g/mol. The Labute approximate surface area is 350 Å². The van der Waals surface area contributed by atoms with Gasteiger partial charge in [0.15, 0.2) is 5.82 Å². The van der Waals surface area contributed by atoms with E-state index < -0.39 is 5.54 Å². The maximum absolute atomic E-state index is 13.8. The number of para-hydroxylation sites is 1. The molecule has 7 heteroatoms. The van der Waals surface area contributed by atoms with Crippen LogP contribution in [-0.2, 0) is 16.9 Å². The molecule has 0 saturated carbocycles. The normalized spacial score (nSPS) is 11.7. The Balaban J connectivity index is 1.21. The van der Waals surface area contributed by atoms with Gasteiger partial charge in [0.05, 0.1) is 6.54 Å². The standard InChI is InChI=1S/C52H56N6O/c1-6-7-19-35-57(37-49(59)53-50-45(38(2)3)29-20-30-46(50)39(4)5)36-40-31-33-41(34-32-40)47-27-17-18-28-48(47)51-54-55-56-58(51)52(42-21-11-8-12-22-42,43-23-13-9-14-24-43)44-25-15-10-16-26-44/h8-18,20-34,38-39H,6-7,19,35-37H2,1-5H3,(H,53,59). The Morgan fingerprint density at radius 3 is 1.69 bits per heavy atom. The van der Waals surface area contributed by atoms with Gasteiger partial charge in [-0.15, -0.1) is 5.10 Å². The summed E-state index contributed by atoms with van der Waals surface area (Å²) in [6.07, 6.45) is 3.29. The number of hydrogen-bond donors (Lipinski definition) is 1. The van der Waals surface area contributed by atoms with Gasteiger partial charge in [-0.2, -0.15) is 0 Å². The van der Waals surface area contributed by atoms with Crippen molar-refractivity contribution in [2.45, 2.75) is 77.8 Å². The second-order valence-corrected chi connectivity index (χ2v) is 16.1.